The molecule has 3 heteroatoms. The maximum Gasteiger partial charge on any atom is 0.0599 e. The second kappa shape index (κ2) is 3.68. The van der Waals surface area contributed by atoms with Crippen LogP contribution in [0.4, 0.5) is 0 Å². The maximum absolute atomic E-state index is 5.94. The topological polar surface area (TPSA) is 4.93 Å². The number of aromatic nitrogens is 1. The zero-order chi connectivity index (χ0) is 10.1. The van der Waals surface area contributed by atoms with Gasteiger partial charge in [0.15, 0.2) is 0 Å². The number of aryl methyl sites for hydroxylation is 1. The van der Waals surface area contributed by atoms with Gasteiger partial charge in [0.1, 0.15) is 0 Å². The molecule has 0 bridgehead atoms. The van der Waals surface area contributed by atoms with Crippen LogP contribution < -0.4 is 0 Å². The maximum atomic E-state index is 5.94. The fourth-order valence-electron chi connectivity index (χ4n) is 1.42. The lowest BCUT2D eigenvalue weighted by molar-refractivity contribution is 0.937. The summed E-state index contributed by atoms with van der Waals surface area (Å²) in [5.41, 5.74) is 2.20. The molecule has 0 atom stereocenters. The second-order valence-corrected chi connectivity index (χ2v) is 3.95. The largest absolute Gasteiger partial charge is 0.351 e. The molecule has 1 aromatic carbocycles. The van der Waals surface area contributed by atoms with Crippen LogP contribution >= 0.6 is 23.2 Å². The van der Waals surface area contributed by atoms with Gasteiger partial charge in [-0.3, -0.25) is 0 Å². The van der Waals surface area contributed by atoms with Gasteiger partial charge in [-0.05, 0) is 29.8 Å². The van der Waals surface area contributed by atoms with Gasteiger partial charge < -0.3 is 4.57 Å². The van der Waals surface area contributed by atoms with Crippen LogP contribution in [0.2, 0.25) is 10.0 Å². The van der Waals surface area contributed by atoms with Crippen LogP contribution in [-0.2, 0) is 7.05 Å². The summed E-state index contributed by atoms with van der Waals surface area (Å²) < 4.78 is 2.04. The molecule has 0 amide bonds. The molecule has 0 radical (unpaired) electrons. The molecule has 72 valence electrons. The lowest BCUT2D eigenvalue weighted by Gasteiger charge is -2.04. The standard InChI is InChI=1S/C11H9Cl2N/c1-14-6-2-3-11(14)8-4-5-9(12)10(13)7-8/h2-7H,1H3. The van der Waals surface area contributed by atoms with Crippen molar-refractivity contribution in [1.82, 2.24) is 4.57 Å². The second-order valence-electron chi connectivity index (χ2n) is 3.13. The first-order valence-corrected chi connectivity index (χ1v) is 5.01. The zero-order valence-corrected chi connectivity index (χ0v) is 9.18. The molecule has 0 saturated heterocycles. The van der Waals surface area contributed by atoms with Gasteiger partial charge in [0.25, 0.3) is 0 Å². The van der Waals surface area contributed by atoms with E-state index in [1.54, 1.807) is 0 Å². The third kappa shape index (κ3) is 1.66. The van der Waals surface area contributed by atoms with Gasteiger partial charge in [-0.1, -0.05) is 29.3 Å². The van der Waals surface area contributed by atoms with Crippen LogP contribution in [0.5, 0.6) is 0 Å². The highest BCUT2D eigenvalue weighted by Crippen LogP contribution is 2.28. The third-order valence-corrected chi connectivity index (χ3v) is 2.90. The van der Waals surface area contributed by atoms with Crippen molar-refractivity contribution in [2.75, 3.05) is 0 Å². The Morgan fingerprint density at radius 2 is 1.86 bits per heavy atom. The van der Waals surface area contributed by atoms with Crippen molar-refractivity contribution in [2.45, 2.75) is 0 Å². The molecule has 0 fully saturated rings. The Labute approximate surface area is 92.9 Å². The van der Waals surface area contributed by atoms with Crippen LogP contribution in [0, 0.1) is 0 Å². The summed E-state index contributed by atoms with van der Waals surface area (Å²) in [6.07, 6.45) is 2.00. The Bertz CT molecular complexity index is 460. The van der Waals surface area contributed by atoms with Crippen molar-refractivity contribution in [3.8, 4) is 11.3 Å². The minimum atomic E-state index is 0.588. The van der Waals surface area contributed by atoms with Crippen molar-refractivity contribution in [3.63, 3.8) is 0 Å². The molecule has 0 spiro atoms. The molecular weight excluding hydrogens is 217 g/mol. The summed E-state index contributed by atoms with van der Waals surface area (Å²) in [5.74, 6) is 0. The molecule has 2 aromatic rings. The summed E-state index contributed by atoms with van der Waals surface area (Å²) in [7, 11) is 2.00. The van der Waals surface area contributed by atoms with Crippen LogP contribution in [0.1, 0.15) is 0 Å². The Kier molecular flexibility index (Phi) is 2.53. The van der Waals surface area contributed by atoms with Crippen LogP contribution in [0.25, 0.3) is 11.3 Å². The monoisotopic (exact) mass is 225 g/mol. The Hall–Kier alpha value is -0.920. The van der Waals surface area contributed by atoms with Crippen LogP contribution in [-0.4, -0.2) is 4.57 Å². The molecule has 14 heavy (non-hydrogen) atoms. The van der Waals surface area contributed by atoms with Crippen LogP contribution in [0.15, 0.2) is 36.5 Å². The van der Waals surface area contributed by atoms with E-state index in [1.807, 2.05) is 48.1 Å². The van der Waals surface area contributed by atoms with Crippen molar-refractivity contribution in [2.24, 2.45) is 7.05 Å². The Balaban J connectivity index is 2.53. The summed E-state index contributed by atoms with van der Waals surface area (Å²) in [6, 6.07) is 9.69. The molecule has 1 nitrogen and oxygen atoms in total. The minimum Gasteiger partial charge on any atom is -0.351 e. The molecule has 0 aliphatic heterocycles. The number of nitrogens with zero attached hydrogens (tertiary/aromatic N) is 1. The fraction of sp³-hybridized carbons (Fsp3) is 0.0909. The molecule has 1 heterocycles. The predicted molar refractivity (Wildman–Crippen MR) is 60.9 cm³/mol. The Morgan fingerprint density at radius 1 is 1.07 bits per heavy atom. The van der Waals surface area contributed by atoms with Crippen molar-refractivity contribution < 1.29 is 0 Å². The van der Waals surface area contributed by atoms with Crippen molar-refractivity contribution in [1.29, 1.82) is 0 Å². The quantitative estimate of drug-likeness (QED) is 0.692. The van der Waals surface area contributed by atoms with E-state index in [-0.39, 0.29) is 0 Å². The average molecular weight is 226 g/mol. The Morgan fingerprint density at radius 3 is 2.43 bits per heavy atom. The molecule has 0 aliphatic carbocycles. The summed E-state index contributed by atoms with van der Waals surface area (Å²) in [6.45, 7) is 0. The van der Waals surface area contributed by atoms with Gasteiger partial charge in [-0.25, -0.2) is 0 Å². The summed E-state index contributed by atoms with van der Waals surface area (Å²) in [5, 5.41) is 1.18. The zero-order valence-electron chi connectivity index (χ0n) is 7.67. The predicted octanol–water partition coefficient (Wildman–Crippen LogP) is 4.00. The number of rotatable bonds is 1. The van der Waals surface area contributed by atoms with E-state index in [0.717, 1.165) is 11.3 Å². The number of benzene rings is 1. The number of halogens is 2. The van der Waals surface area contributed by atoms with Gasteiger partial charge in [0.05, 0.1) is 10.0 Å². The molecule has 0 N–H and O–H groups in total. The number of hydrogen-bond donors (Lipinski definition) is 0. The lowest BCUT2D eigenvalue weighted by atomic mass is 10.1. The van der Waals surface area contributed by atoms with Crippen LogP contribution in [0.3, 0.4) is 0 Å². The van der Waals surface area contributed by atoms with Gasteiger partial charge in [0.2, 0.25) is 0 Å². The minimum absolute atomic E-state index is 0.588. The van der Waals surface area contributed by atoms with E-state index < -0.39 is 0 Å². The average Bonchev–Trinajstić information content (AvgIpc) is 2.57. The fourth-order valence-corrected chi connectivity index (χ4v) is 1.71. The number of hydrogen-bond acceptors (Lipinski definition) is 0. The van der Waals surface area contributed by atoms with E-state index in [1.165, 1.54) is 0 Å². The highest BCUT2D eigenvalue weighted by molar-refractivity contribution is 6.42. The van der Waals surface area contributed by atoms with E-state index in [4.69, 9.17) is 23.2 Å². The molecule has 0 aliphatic rings. The van der Waals surface area contributed by atoms with Crippen molar-refractivity contribution in [3.05, 3.63) is 46.6 Å². The molecular formula is C11H9Cl2N. The lowest BCUT2D eigenvalue weighted by Crippen LogP contribution is -1.88. The molecule has 0 unspecified atom stereocenters. The summed E-state index contributed by atoms with van der Waals surface area (Å²) in [4.78, 5) is 0. The molecule has 0 saturated carbocycles. The molecule has 1 aromatic heterocycles. The smallest absolute Gasteiger partial charge is 0.0599 e. The van der Waals surface area contributed by atoms with Gasteiger partial charge in [-0.15, -0.1) is 0 Å². The van der Waals surface area contributed by atoms with E-state index in [0.29, 0.717) is 10.0 Å². The molecule has 2 rings (SSSR count). The normalized spacial score (nSPS) is 10.5. The third-order valence-electron chi connectivity index (χ3n) is 2.16. The first-order valence-electron chi connectivity index (χ1n) is 4.25. The van der Waals surface area contributed by atoms with Gasteiger partial charge in [0, 0.05) is 18.9 Å². The summed E-state index contributed by atoms with van der Waals surface area (Å²) >= 11 is 11.8. The van der Waals surface area contributed by atoms with Crippen molar-refractivity contribution >= 4 is 23.2 Å². The first kappa shape index (κ1) is 9.63. The van der Waals surface area contributed by atoms with E-state index in [9.17, 15) is 0 Å². The first-order chi connectivity index (χ1) is 6.68. The van der Waals surface area contributed by atoms with E-state index in [2.05, 4.69) is 0 Å². The SMILES string of the molecule is Cn1cccc1-c1ccc(Cl)c(Cl)c1. The highest BCUT2D eigenvalue weighted by atomic mass is 35.5. The van der Waals surface area contributed by atoms with E-state index >= 15 is 0 Å². The van der Waals surface area contributed by atoms with Gasteiger partial charge in [-0.2, -0.15) is 0 Å². The highest BCUT2D eigenvalue weighted by Gasteiger charge is 2.03. The van der Waals surface area contributed by atoms with Gasteiger partial charge >= 0.3 is 0 Å².